The van der Waals surface area contributed by atoms with Gasteiger partial charge >= 0.3 is 0 Å². The third-order valence-corrected chi connectivity index (χ3v) is 8.11. The standard InChI is InChI=1S/C29H34FN3O6S.H2/c1-18(2)17-39-22-14-20(13-21(30)15-22)25-12-11-24(27(34)32-40(37,38)23-9-7-6-8-10-23)26(31-25)33-28(4,5)16-19(3)29(33,35)36;/h6-15,18-19,35-36H,16-17H2,1-5H3,(H,32,34);1H/t19-;/m0./s1. The van der Waals surface area contributed by atoms with Crippen molar-refractivity contribution < 1.29 is 34.0 Å². The molecular weight excluding hydrogens is 537 g/mol. The molecule has 0 bridgehead atoms. The summed E-state index contributed by atoms with van der Waals surface area (Å²) in [6.45, 7) is 9.46. The van der Waals surface area contributed by atoms with Gasteiger partial charge in [0, 0.05) is 24.5 Å². The average Bonchev–Trinajstić information content (AvgIpc) is 3.03. The van der Waals surface area contributed by atoms with Crippen LogP contribution < -0.4 is 14.4 Å². The highest BCUT2D eigenvalue weighted by Gasteiger charge is 2.55. The highest BCUT2D eigenvalue weighted by atomic mass is 32.2. The van der Waals surface area contributed by atoms with Crippen LogP contribution >= 0.6 is 0 Å². The molecule has 2 heterocycles. The quantitative estimate of drug-likeness (QED) is 0.335. The van der Waals surface area contributed by atoms with E-state index in [0.717, 1.165) is 0 Å². The second-order valence-electron chi connectivity index (χ2n) is 11.1. The van der Waals surface area contributed by atoms with Crippen molar-refractivity contribution in [3.63, 3.8) is 0 Å². The Morgan fingerprint density at radius 1 is 1.18 bits per heavy atom. The number of anilines is 1. The number of sulfonamides is 1. The highest BCUT2D eigenvalue weighted by Crippen LogP contribution is 2.46. The Hall–Kier alpha value is -3.54. The van der Waals surface area contributed by atoms with E-state index in [9.17, 15) is 27.8 Å². The number of carbonyl (C=O) groups excluding carboxylic acids is 1. The number of carbonyl (C=O) groups is 1. The second-order valence-corrected chi connectivity index (χ2v) is 12.8. The minimum atomic E-state index is -4.24. The summed E-state index contributed by atoms with van der Waals surface area (Å²) in [5, 5.41) is 22.2. The molecule has 1 amide bonds. The molecule has 0 aliphatic carbocycles. The van der Waals surface area contributed by atoms with Crippen LogP contribution in [0.25, 0.3) is 11.3 Å². The van der Waals surface area contributed by atoms with E-state index in [1.807, 2.05) is 18.6 Å². The molecule has 9 nitrogen and oxygen atoms in total. The van der Waals surface area contributed by atoms with Crippen molar-refractivity contribution in [3.8, 4) is 17.0 Å². The van der Waals surface area contributed by atoms with Gasteiger partial charge in [-0.1, -0.05) is 39.0 Å². The molecular formula is C29H36FN3O6S. The van der Waals surface area contributed by atoms with Gasteiger partial charge in [0.05, 0.1) is 22.8 Å². The summed E-state index contributed by atoms with van der Waals surface area (Å²) >= 11 is 0. The van der Waals surface area contributed by atoms with Crippen molar-refractivity contribution in [1.82, 2.24) is 9.71 Å². The molecule has 4 rings (SSSR count). The van der Waals surface area contributed by atoms with E-state index >= 15 is 0 Å². The molecule has 1 atom stereocenters. The van der Waals surface area contributed by atoms with Gasteiger partial charge < -0.3 is 14.9 Å². The number of ether oxygens (including phenoxy) is 1. The van der Waals surface area contributed by atoms with E-state index in [1.165, 1.54) is 53.4 Å². The normalized spacial score (nSPS) is 18.1. The van der Waals surface area contributed by atoms with Gasteiger partial charge in [0.15, 0.2) is 0 Å². The zero-order valence-corrected chi connectivity index (χ0v) is 23.9. The lowest BCUT2D eigenvalue weighted by atomic mass is 9.97. The van der Waals surface area contributed by atoms with Crippen molar-refractivity contribution in [2.45, 2.75) is 57.4 Å². The predicted octanol–water partition coefficient (Wildman–Crippen LogP) is 4.55. The number of aromatic nitrogens is 1. The van der Waals surface area contributed by atoms with Crippen LogP contribution in [0.15, 0.2) is 65.6 Å². The molecule has 1 aliphatic heterocycles. The number of benzene rings is 2. The van der Waals surface area contributed by atoms with E-state index in [2.05, 4.69) is 4.98 Å². The van der Waals surface area contributed by atoms with Crippen molar-refractivity contribution in [2.24, 2.45) is 11.8 Å². The monoisotopic (exact) mass is 573 g/mol. The summed E-state index contributed by atoms with van der Waals surface area (Å²) in [4.78, 5) is 19.1. The first kappa shape index (κ1) is 29.4. The van der Waals surface area contributed by atoms with Gasteiger partial charge in [0.1, 0.15) is 17.4 Å². The summed E-state index contributed by atoms with van der Waals surface area (Å²) in [7, 11) is -4.24. The molecule has 2 aromatic carbocycles. The van der Waals surface area contributed by atoms with Crippen LogP contribution in [0.4, 0.5) is 10.2 Å². The van der Waals surface area contributed by atoms with Crippen LogP contribution in [0.5, 0.6) is 5.75 Å². The summed E-state index contributed by atoms with van der Waals surface area (Å²) in [6.07, 6.45) is 0.336. The van der Waals surface area contributed by atoms with Crippen LogP contribution in [0.3, 0.4) is 0 Å². The zero-order chi connectivity index (χ0) is 29.5. The molecule has 0 unspecified atom stereocenters. The lowest BCUT2D eigenvalue weighted by Crippen LogP contribution is -2.54. The van der Waals surface area contributed by atoms with Gasteiger partial charge in [-0.3, -0.25) is 9.69 Å². The molecule has 1 aliphatic rings. The van der Waals surface area contributed by atoms with Crippen LogP contribution in [-0.2, 0) is 10.0 Å². The number of pyridine rings is 1. The minimum Gasteiger partial charge on any atom is -0.493 e. The van der Waals surface area contributed by atoms with Gasteiger partial charge in [0.25, 0.3) is 21.8 Å². The molecule has 3 aromatic rings. The van der Waals surface area contributed by atoms with Crippen LogP contribution in [-0.4, -0.2) is 47.6 Å². The van der Waals surface area contributed by atoms with Crippen molar-refractivity contribution in [2.75, 3.05) is 11.5 Å². The SMILES string of the molecule is CC(C)COc1cc(F)cc(-c2ccc(C(=O)NS(=O)(=O)c3ccccc3)c(N3C(C)(C)C[C@H](C)C3(O)O)n2)c1.[HH]. The molecule has 0 saturated carbocycles. The Bertz CT molecular complexity index is 1520. The predicted molar refractivity (Wildman–Crippen MR) is 151 cm³/mol. The number of hydrogen-bond donors (Lipinski definition) is 3. The van der Waals surface area contributed by atoms with E-state index < -0.39 is 39.1 Å². The van der Waals surface area contributed by atoms with E-state index in [4.69, 9.17) is 4.74 Å². The molecule has 11 heteroatoms. The lowest BCUT2D eigenvalue weighted by molar-refractivity contribution is -0.180. The number of nitrogens with one attached hydrogen (secondary N) is 1. The molecule has 40 heavy (non-hydrogen) atoms. The van der Waals surface area contributed by atoms with Crippen molar-refractivity contribution in [3.05, 3.63) is 72.0 Å². The third-order valence-electron chi connectivity index (χ3n) is 6.76. The van der Waals surface area contributed by atoms with Gasteiger partial charge in [-0.25, -0.2) is 22.5 Å². The number of halogens is 1. The maximum Gasteiger partial charge on any atom is 0.268 e. The Morgan fingerprint density at radius 3 is 2.45 bits per heavy atom. The first-order valence-electron chi connectivity index (χ1n) is 12.9. The van der Waals surface area contributed by atoms with Gasteiger partial charge in [-0.15, -0.1) is 0 Å². The molecule has 1 fully saturated rings. The number of aliphatic hydroxyl groups is 2. The Balaban J connectivity index is 0.00000462. The smallest absolute Gasteiger partial charge is 0.268 e. The fourth-order valence-corrected chi connectivity index (χ4v) is 5.92. The average molecular weight is 574 g/mol. The Labute approximate surface area is 235 Å². The largest absolute Gasteiger partial charge is 0.493 e. The van der Waals surface area contributed by atoms with E-state index in [1.54, 1.807) is 32.9 Å². The van der Waals surface area contributed by atoms with Crippen LogP contribution in [0.1, 0.15) is 52.8 Å². The van der Waals surface area contributed by atoms with Gasteiger partial charge in [0.2, 0.25) is 0 Å². The fraction of sp³-hybridized carbons (Fsp3) is 0.379. The minimum absolute atomic E-state index is 0. The third kappa shape index (κ3) is 5.96. The Kier molecular flexibility index (Phi) is 7.94. The van der Waals surface area contributed by atoms with Crippen LogP contribution in [0.2, 0.25) is 0 Å². The number of amides is 1. The van der Waals surface area contributed by atoms with E-state index in [-0.39, 0.29) is 35.1 Å². The zero-order valence-electron chi connectivity index (χ0n) is 23.1. The molecule has 1 saturated heterocycles. The van der Waals surface area contributed by atoms with Crippen LogP contribution in [0, 0.1) is 17.7 Å². The topological polar surface area (TPSA) is 129 Å². The fourth-order valence-electron chi connectivity index (χ4n) is 4.94. The molecule has 1 aromatic heterocycles. The number of rotatable bonds is 8. The summed E-state index contributed by atoms with van der Waals surface area (Å²) in [5.41, 5.74) is -0.548. The highest BCUT2D eigenvalue weighted by molar-refractivity contribution is 7.90. The van der Waals surface area contributed by atoms with Gasteiger partial charge in [-0.2, -0.15) is 0 Å². The number of hydrogen-bond acceptors (Lipinski definition) is 8. The molecule has 216 valence electrons. The number of nitrogens with zero attached hydrogens (tertiary/aromatic N) is 2. The molecule has 0 spiro atoms. The maximum atomic E-state index is 14.6. The summed E-state index contributed by atoms with van der Waals surface area (Å²) in [5.74, 6) is -4.28. The Morgan fingerprint density at radius 2 is 1.85 bits per heavy atom. The first-order valence-corrected chi connectivity index (χ1v) is 14.4. The van der Waals surface area contributed by atoms with Gasteiger partial charge in [-0.05, 0) is 62.6 Å². The van der Waals surface area contributed by atoms with E-state index in [0.29, 0.717) is 18.6 Å². The molecule has 3 N–H and O–H groups in total. The van der Waals surface area contributed by atoms with Crippen molar-refractivity contribution >= 4 is 21.7 Å². The second kappa shape index (κ2) is 10.8. The first-order chi connectivity index (χ1) is 18.6. The summed E-state index contributed by atoms with van der Waals surface area (Å²) < 4.78 is 48.1. The summed E-state index contributed by atoms with van der Waals surface area (Å²) in [6, 6.07) is 14.3. The lowest BCUT2D eigenvalue weighted by Gasteiger charge is -2.40. The molecule has 0 radical (unpaired) electrons. The maximum absolute atomic E-state index is 14.6. The van der Waals surface area contributed by atoms with Crippen molar-refractivity contribution in [1.29, 1.82) is 0 Å².